The van der Waals surface area contributed by atoms with Crippen molar-refractivity contribution in [1.29, 1.82) is 0 Å². The van der Waals surface area contributed by atoms with Crippen LogP contribution in [-0.4, -0.2) is 229 Å². The van der Waals surface area contributed by atoms with E-state index in [0.717, 1.165) is 55.8 Å². The first-order chi connectivity index (χ1) is 60.4. The van der Waals surface area contributed by atoms with Crippen molar-refractivity contribution in [2.45, 2.75) is 39.0 Å². The quantitative estimate of drug-likeness (QED) is 0.0124. The summed E-state index contributed by atoms with van der Waals surface area (Å²) in [6.07, 6.45) is -1.92. The van der Waals surface area contributed by atoms with Gasteiger partial charge in [0.05, 0.1) is 69.0 Å². The number of ether oxygens (including phenoxy) is 3. The van der Waals surface area contributed by atoms with Gasteiger partial charge in [-0.3, -0.25) is 23.7 Å². The number of likely N-dealkylation sites (N-methyl/N-ethyl adjacent to an activating group) is 6. The lowest BCUT2D eigenvalue weighted by Gasteiger charge is -2.26. The molecule has 0 saturated carbocycles. The maximum absolute atomic E-state index is 13.6. The molecule has 0 saturated heterocycles. The van der Waals surface area contributed by atoms with E-state index < -0.39 is 55.3 Å². The molecular weight excluding hydrogens is 1700 g/mol. The fraction of sp³-hybridized carbons (Fsp3) is 0.281. The minimum absolute atomic E-state index is 0.00761. The number of nitrogens with zero attached hydrogens (tertiary/aromatic N) is 15. The van der Waals surface area contributed by atoms with E-state index in [0.29, 0.717) is 96.6 Å². The summed E-state index contributed by atoms with van der Waals surface area (Å²) in [5.74, 6) is -3.13. The molecule has 0 aliphatic heterocycles. The van der Waals surface area contributed by atoms with Gasteiger partial charge in [-0.1, -0.05) is 68.3 Å². The molecule has 128 heavy (non-hydrogen) atoms. The third kappa shape index (κ3) is 25.8. The average molecular weight is 1790 g/mol. The lowest BCUT2D eigenvalue weighted by atomic mass is 10.0. The number of para-hydroxylation sites is 2. The van der Waals surface area contributed by atoms with Crippen molar-refractivity contribution < 1.29 is 82.6 Å². The fourth-order valence-electron chi connectivity index (χ4n) is 13.4. The molecule has 6 aromatic heterocycles. The van der Waals surface area contributed by atoms with Gasteiger partial charge in [0.1, 0.15) is 7.14 Å². The van der Waals surface area contributed by atoms with E-state index in [9.17, 15) is 68.4 Å². The van der Waals surface area contributed by atoms with E-state index >= 15 is 0 Å². The minimum atomic E-state index is -5.00. The summed E-state index contributed by atoms with van der Waals surface area (Å²) in [6, 6.07) is 33.3. The van der Waals surface area contributed by atoms with E-state index in [1.807, 2.05) is 146 Å². The number of carbonyl (C=O) groups is 4. The Kier molecular flexibility index (Phi) is 31.4. The molecule has 29 nitrogen and oxygen atoms in total. The number of aryl methyl sites for hydroxylation is 1. The molecule has 12 rings (SSSR count). The number of allylic oxidation sites excluding steroid dienone is 1. The maximum atomic E-state index is 13.6. The fourth-order valence-corrected chi connectivity index (χ4v) is 14.3. The number of anilines is 11. The van der Waals surface area contributed by atoms with E-state index in [-0.39, 0.29) is 71.0 Å². The zero-order valence-corrected chi connectivity index (χ0v) is 73.4. The third-order valence-electron chi connectivity index (χ3n) is 19.7. The predicted molar refractivity (Wildman–Crippen MR) is 484 cm³/mol. The standard InChI is InChI=1S/C31H36F3N6O3P.C29H30F3N7O3.C29H32F3N7O3/c1-8-21(41)15-20-16-26(29(43-31(32,33)34)18-27(20)39(4)14-13-38(2)3)37-30-35-12-11-25(36-30)24-19-40(5)28-17-22(44(6,7)42)9-10-23(24)28;1-6-27(41)34-22-15-23(26(42-29(30,31)32)16-25(22)38(5)14-13-37(3)4)36-28-33-12-11-21(35-28)20-17-39(18(2)40)24-10-8-7-9-19(20)24;1-5-27(41)34-22-16-23(26(42-29(30,31)32)17-25(22)38(4)13-12-37(2)3)36-28-33-11-10-21(35-28)20-18-39(14-15-40)24-9-7-6-8-19(20)24/h8-12,16-19H,1,13-15H2,2-7H3,(H,35,36,37);6-12,15-17H,1,13-14H2,2-5H3,(H,34,41)(H,33,35,36);5-11,16-18,40H,1,12-15H2,2-4H3,(H,34,41)(H,33,35,36). The molecule has 0 fully saturated rings. The largest absolute Gasteiger partial charge is 0.573 e. The second-order valence-corrected chi connectivity index (χ2v) is 33.8. The number of aliphatic hydroxyl groups excluding tert-OH is 1. The molecule has 0 radical (unpaired) electrons. The van der Waals surface area contributed by atoms with Gasteiger partial charge in [-0.2, -0.15) is 0 Å². The summed E-state index contributed by atoms with van der Waals surface area (Å²) < 4.78 is 153. The number of halogens is 9. The SMILES string of the molecule is C=CC(=O)Cc1cc(Nc2nccc(-c3cn(C)c4cc(P(C)(C)=O)ccc34)n2)c(OC(F)(F)F)cc1N(C)CCN(C)C.C=CC(=O)Nc1cc(Nc2nccc(-c3cn(C(C)=O)c4ccccc34)n2)c(OC(F)(F)F)cc1N(C)CCN(C)C.C=CC(=O)Nc1cc(Nc2nccc(-c3cn(CCO)c4ccccc34)n2)c(OC(F)(F)F)cc1N(C)CCN(C)C. The first kappa shape index (κ1) is 96.5. The summed E-state index contributed by atoms with van der Waals surface area (Å²) in [5, 5.41) is 26.6. The molecule has 6 aromatic carbocycles. The Balaban J connectivity index is 0.000000200. The maximum Gasteiger partial charge on any atom is 0.573 e. The van der Waals surface area contributed by atoms with E-state index in [4.69, 9.17) is 0 Å². The lowest BCUT2D eigenvalue weighted by molar-refractivity contribution is -0.275. The number of nitrogens with one attached hydrogen (secondary N) is 5. The monoisotopic (exact) mass is 1790 g/mol. The van der Waals surface area contributed by atoms with Gasteiger partial charge in [-0.25, -0.2) is 29.9 Å². The molecule has 12 aromatic rings. The van der Waals surface area contributed by atoms with Gasteiger partial charge < -0.3 is 89.0 Å². The number of aromatic nitrogens is 9. The highest BCUT2D eigenvalue weighted by atomic mass is 31.2. The van der Waals surface area contributed by atoms with Gasteiger partial charge in [-0.05, 0) is 134 Å². The number of alkyl halides is 9. The molecular formula is C89H98F9N20O9P. The molecule has 676 valence electrons. The van der Waals surface area contributed by atoms with Crippen molar-refractivity contribution in [1.82, 2.24) is 58.3 Å². The van der Waals surface area contributed by atoms with E-state index in [1.165, 1.54) is 72.6 Å². The van der Waals surface area contributed by atoms with Crippen LogP contribution < -0.4 is 60.8 Å². The summed E-state index contributed by atoms with van der Waals surface area (Å²) in [7, 11) is 15.8. The number of hydrogen-bond donors (Lipinski definition) is 6. The van der Waals surface area contributed by atoms with E-state index in [1.54, 1.807) is 79.6 Å². The minimum Gasteiger partial charge on any atom is -0.403 e. The molecule has 0 spiro atoms. The Morgan fingerprint density at radius 2 is 0.867 bits per heavy atom. The Morgan fingerprint density at radius 3 is 1.27 bits per heavy atom. The molecule has 6 heterocycles. The third-order valence-corrected chi connectivity index (χ3v) is 21.2. The van der Waals surface area contributed by atoms with Gasteiger partial charge >= 0.3 is 19.1 Å². The second-order valence-electron chi connectivity index (χ2n) is 30.6. The second kappa shape index (κ2) is 41.6. The van der Waals surface area contributed by atoms with Crippen LogP contribution in [0.15, 0.2) is 196 Å². The predicted octanol–water partition coefficient (Wildman–Crippen LogP) is 16.2. The molecule has 0 aliphatic rings. The van der Waals surface area contributed by atoms with Crippen LogP contribution in [0.5, 0.6) is 17.2 Å². The summed E-state index contributed by atoms with van der Waals surface area (Å²) in [5.41, 5.74) is 7.73. The van der Waals surface area contributed by atoms with Gasteiger partial charge in [0.15, 0.2) is 23.0 Å². The smallest absolute Gasteiger partial charge is 0.403 e. The van der Waals surface area contributed by atoms with Crippen LogP contribution in [-0.2, 0) is 39.0 Å². The first-order valence-electron chi connectivity index (χ1n) is 39.6. The summed E-state index contributed by atoms with van der Waals surface area (Å²) >= 11 is 0. The molecule has 39 heteroatoms. The molecule has 0 aliphatic carbocycles. The lowest BCUT2D eigenvalue weighted by Crippen LogP contribution is -2.29. The van der Waals surface area contributed by atoms with Crippen LogP contribution in [0.3, 0.4) is 0 Å². The summed E-state index contributed by atoms with van der Waals surface area (Å²) in [6.45, 7) is 18.9. The summed E-state index contributed by atoms with van der Waals surface area (Å²) in [4.78, 5) is 86.3. The van der Waals surface area contributed by atoms with E-state index in [2.05, 4.69) is 90.4 Å². The number of fused-ring (bicyclic) bond motifs is 3. The van der Waals surface area contributed by atoms with Crippen LogP contribution in [0.2, 0.25) is 0 Å². The van der Waals surface area contributed by atoms with Crippen molar-refractivity contribution in [3.8, 4) is 51.0 Å². The van der Waals surface area contributed by atoms with Crippen LogP contribution >= 0.6 is 7.14 Å². The van der Waals surface area contributed by atoms with Gasteiger partial charge in [0.2, 0.25) is 35.6 Å². The van der Waals surface area contributed by atoms with Crippen molar-refractivity contribution >= 4 is 132 Å². The van der Waals surface area contributed by atoms with Crippen LogP contribution in [0.1, 0.15) is 17.3 Å². The molecule has 2 amide bonds. The van der Waals surface area contributed by atoms with Crippen molar-refractivity contribution in [2.75, 3.05) is 164 Å². The van der Waals surface area contributed by atoms with Crippen molar-refractivity contribution in [3.05, 3.63) is 202 Å². The Morgan fingerprint density at radius 1 is 0.477 bits per heavy atom. The Labute approximate surface area is 732 Å². The van der Waals surface area contributed by atoms with Crippen LogP contribution in [0, 0.1) is 0 Å². The molecule has 0 unspecified atom stereocenters. The number of amides is 2. The highest BCUT2D eigenvalue weighted by Gasteiger charge is 2.37. The number of benzene rings is 6. The average Bonchev–Trinajstić information content (AvgIpc) is 1.63. The Bertz CT molecular complexity index is 6100. The van der Waals surface area contributed by atoms with Crippen molar-refractivity contribution in [2.24, 2.45) is 7.05 Å². The topological polar surface area (TPSA) is 305 Å². The van der Waals surface area contributed by atoms with Gasteiger partial charge in [-0.15, -0.1) is 39.5 Å². The number of hydrogen-bond acceptors (Lipinski definition) is 24. The number of aliphatic hydroxyl groups is 1. The first-order valence-corrected chi connectivity index (χ1v) is 42.2. The molecule has 6 N–H and O–H groups in total. The number of rotatable bonds is 34. The molecule has 0 bridgehead atoms. The normalized spacial score (nSPS) is 11.7. The van der Waals surface area contributed by atoms with Gasteiger partial charge in [0.25, 0.3) is 0 Å². The van der Waals surface area contributed by atoms with Crippen LogP contribution in [0.25, 0.3) is 66.5 Å². The Hall–Kier alpha value is -13.7. The zero-order chi connectivity index (χ0) is 93.4. The highest BCUT2D eigenvalue weighted by molar-refractivity contribution is 7.70. The molecule has 0 atom stereocenters. The highest BCUT2D eigenvalue weighted by Crippen LogP contribution is 2.45. The van der Waals surface area contributed by atoms with Crippen LogP contribution in [0.4, 0.5) is 103 Å². The zero-order valence-electron chi connectivity index (χ0n) is 72.5. The number of ketones is 1. The number of carbonyl (C=O) groups excluding carboxylic acids is 4. The van der Waals surface area contributed by atoms with Crippen molar-refractivity contribution in [3.63, 3.8) is 0 Å². The van der Waals surface area contributed by atoms with Gasteiger partial charge in [0, 0.05) is 198 Å².